The molecule has 2 atom stereocenters. The van der Waals surface area contributed by atoms with Crippen LogP contribution in [0.2, 0.25) is 5.02 Å². The third kappa shape index (κ3) is 5.81. The number of nitrogens with zero attached hydrogens (tertiary/aromatic N) is 2. The van der Waals surface area contributed by atoms with Gasteiger partial charge < -0.3 is 21.3 Å². The van der Waals surface area contributed by atoms with Crippen molar-refractivity contribution in [3.8, 4) is 0 Å². The van der Waals surface area contributed by atoms with Crippen molar-refractivity contribution >= 4 is 46.7 Å². The fraction of sp³-hybridized carbons (Fsp3) is 0.192. The minimum atomic E-state index is -0.257. The number of nitrogens with one attached hydrogen (secondary N) is 2. The summed E-state index contributed by atoms with van der Waals surface area (Å²) in [5.74, 6) is 0.0151. The van der Waals surface area contributed by atoms with Crippen molar-refractivity contribution in [2.75, 3.05) is 36.5 Å². The molecule has 0 aliphatic carbocycles. The van der Waals surface area contributed by atoms with Crippen molar-refractivity contribution in [1.29, 1.82) is 0 Å². The van der Waals surface area contributed by atoms with Crippen LogP contribution >= 0.6 is 11.6 Å². The predicted molar refractivity (Wildman–Crippen MR) is 137 cm³/mol. The van der Waals surface area contributed by atoms with Gasteiger partial charge in [0.15, 0.2) is 0 Å². The molecule has 1 aromatic heterocycles. The number of carbonyl (C=O) groups excluding carboxylic acids is 2. The normalized spacial score (nSPS) is 18.2. The second kappa shape index (κ2) is 10.5. The summed E-state index contributed by atoms with van der Waals surface area (Å²) >= 11 is 5.88. The van der Waals surface area contributed by atoms with Crippen LogP contribution in [0, 0.1) is 5.92 Å². The van der Waals surface area contributed by atoms with Crippen LogP contribution in [0.4, 0.5) is 17.2 Å². The number of benzene rings is 2. The monoisotopic (exact) mass is 475 g/mol. The quantitative estimate of drug-likeness (QED) is 0.365. The maximum absolute atomic E-state index is 13.0. The molecule has 34 heavy (non-hydrogen) atoms. The molecule has 1 fully saturated rings. The van der Waals surface area contributed by atoms with Crippen molar-refractivity contribution in [2.45, 2.75) is 5.92 Å². The van der Waals surface area contributed by atoms with Crippen LogP contribution < -0.4 is 16.4 Å². The van der Waals surface area contributed by atoms with Gasteiger partial charge in [0.1, 0.15) is 5.82 Å². The highest BCUT2D eigenvalue weighted by Crippen LogP contribution is 2.33. The Morgan fingerprint density at radius 1 is 1.06 bits per heavy atom. The van der Waals surface area contributed by atoms with E-state index in [1.807, 2.05) is 43.4 Å². The van der Waals surface area contributed by atoms with Gasteiger partial charge in [-0.05, 0) is 48.5 Å². The molecule has 4 N–H and O–H groups in total. The van der Waals surface area contributed by atoms with Gasteiger partial charge >= 0.3 is 0 Å². The maximum Gasteiger partial charge on any atom is 0.248 e. The molecule has 1 aliphatic rings. The van der Waals surface area contributed by atoms with Crippen LogP contribution in [0.3, 0.4) is 0 Å². The predicted octanol–water partition coefficient (Wildman–Crippen LogP) is 4.25. The van der Waals surface area contributed by atoms with Crippen LogP contribution in [0.15, 0.2) is 72.9 Å². The summed E-state index contributed by atoms with van der Waals surface area (Å²) in [5.41, 5.74) is 8.92. The van der Waals surface area contributed by atoms with Gasteiger partial charge in [0.2, 0.25) is 11.8 Å². The summed E-state index contributed by atoms with van der Waals surface area (Å²) in [6.45, 7) is 1.44. The number of aromatic nitrogens is 1. The van der Waals surface area contributed by atoms with E-state index in [0.29, 0.717) is 28.8 Å². The largest absolute Gasteiger partial charge is 0.397 e. The van der Waals surface area contributed by atoms with Crippen molar-refractivity contribution in [1.82, 2.24) is 9.88 Å². The molecule has 3 aromatic rings. The van der Waals surface area contributed by atoms with Gasteiger partial charge in [-0.1, -0.05) is 48.0 Å². The zero-order chi connectivity index (χ0) is 24.1. The summed E-state index contributed by atoms with van der Waals surface area (Å²) in [6, 6.07) is 18.4. The maximum atomic E-state index is 13.0. The van der Waals surface area contributed by atoms with E-state index < -0.39 is 0 Å². The van der Waals surface area contributed by atoms with Gasteiger partial charge in [0.25, 0.3) is 0 Å². The number of hydrogen-bond acceptors (Lipinski definition) is 5. The standard InChI is InChI=1S/C26H26ClN5O2/c1-32-15-20(21(16-32)26(34)31-24-12-11-19(27)14-29-24)18-9-6-17(7-10-18)8-13-25(33)30-23-5-3-2-4-22(23)28/h2-14,20-21H,15-16,28H2,1H3,(H,30,33)(H,29,31,34). The first kappa shape index (κ1) is 23.5. The Balaban J connectivity index is 1.40. The lowest BCUT2D eigenvalue weighted by atomic mass is 9.88. The third-order valence-electron chi connectivity index (χ3n) is 5.83. The Kier molecular flexibility index (Phi) is 7.25. The highest BCUT2D eigenvalue weighted by molar-refractivity contribution is 6.30. The molecular formula is C26H26ClN5O2. The molecule has 0 spiro atoms. The Morgan fingerprint density at radius 3 is 2.53 bits per heavy atom. The number of likely N-dealkylation sites (N-methyl/N-ethyl adjacent to an activating group) is 1. The molecule has 2 heterocycles. The lowest BCUT2D eigenvalue weighted by Crippen LogP contribution is -2.28. The zero-order valence-electron chi connectivity index (χ0n) is 18.7. The Hall–Kier alpha value is -3.68. The lowest BCUT2D eigenvalue weighted by molar-refractivity contribution is -0.120. The Morgan fingerprint density at radius 2 is 1.82 bits per heavy atom. The van der Waals surface area contributed by atoms with Gasteiger partial charge in [0.05, 0.1) is 22.3 Å². The molecule has 1 saturated heterocycles. The molecule has 174 valence electrons. The summed E-state index contributed by atoms with van der Waals surface area (Å²) in [7, 11) is 2.01. The second-order valence-corrected chi connectivity index (χ2v) is 8.80. The molecule has 4 rings (SSSR count). The first-order valence-electron chi connectivity index (χ1n) is 10.9. The van der Waals surface area contributed by atoms with Gasteiger partial charge in [-0.3, -0.25) is 9.59 Å². The van der Waals surface area contributed by atoms with Crippen LogP contribution in [0.25, 0.3) is 6.08 Å². The number of halogens is 1. The average Bonchev–Trinajstić information content (AvgIpc) is 3.23. The molecule has 7 nitrogen and oxygen atoms in total. The van der Waals surface area contributed by atoms with E-state index in [1.54, 1.807) is 30.3 Å². The number of anilines is 3. The van der Waals surface area contributed by atoms with Crippen LogP contribution in [-0.4, -0.2) is 41.8 Å². The van der Waals surface area contributed by atoms with Crippen molar-refractivity contribution in [3.63, 3.8) is 0 Å². The van der Waals surface area contributed by atoms with Gasteiger partial charge in [-0.25, -0.2) is 4.98 Å². The summed E-state index contributed by atoms with van der Waals surface area (Å²) in [5, 5.41) is 6.19. The molecule has 2 aromatic carbocycles. The first-order valence-corrected chi connectivity index (χ1v) is 11.3. The van der Waals surface area contributed by atoms with E-state index in [-0.39, 0.29) is 23.7 Å². The topological polar surface area (TPSA) is 100 Å². The van der Waals surface area contributed by atoms with Crippen molar-refractivity contribution < 1.29 is 9.59 Å². The van der Waals surface area contributed by atoms with Crippen LogP contribution in [0.1, 0.15) is 17.0 Å². The van der Waals surface area contributed by atoms with Gasteiger partial charge in [-0.15, -0.1) is 0 Å². The third-order valence-corrected chi connectivity index (χ3v) is 6.05. The molecule has 0 radical (unpaired) electrons. The minimum Gasteiger partial charge on any atom is -0.397 e. The fourth-order valence-electron chi connectivity index (χ4n) is 4.08. The van der Waals surface area contributed by atoms with Crippen molar-refractivity contribution in [2.24, 2.45) is 5.92 Å². The number of pyridine rings is 1. The minimum absolute atomic E-state index is 0.0553. The second-order valence-electron chi connectivity index (χ2n) is 8.36. The van der Waals surface area contributed by atoms with E-state index >= 15 is 0 Å². The van der Waals surface area contributed by atoms with E-state index in [1.165, 1.54) is 12.3 Å². The molecular weight excluding hydrogens is 450 g/mol. The number of carbonyl (C=O) groups is 2. The summed E-state index contributed by atoms with van der Waals surface area (Å²) < 4.78 is 0. The fourth-order valence-corrected chi connectivity index (χ4v) is 4.20. The zero-order valence-corrected chi connectivity index (χ0v) is 19.5. The number of nitrogen functional groups attached to an aromatic ring is 1. The van der Waals surface area contributed by atoms with E-state index in [0.717, 1.165) is 17.7 Å². The molecule has 2 unspecified atom stereocenters. The number of amides is 2. The van der Waals surface area contributed by atoms with Crippen molar-refractivity contribution in [3.05, 3.63) is 89.1 Å². The number of para-hydroxylation sites is 2. The molecule has 0 saturated carbocycles. The number of hydrogen-bond donors (Lipinski definition) is 3. The summed E-state index contributed by atoms with van der Waals surface area (Å²) in [4.78, 5) is 31.5. The van der Waals surface area contributed by atoms with Gasteiger partial charge in [0, 0.05) is 31.3 Å². The lowest BCUT2D eigenvalue weighted by Gasteiger charge is -2.18. The van der Waals surface area contributed by atoms with Crippen LogP contribution in [-0.2, 0) is 9.59 Å². The number of likely N-dealkylation sites (tertiary alicyclic amines) is 1. The highest BCUT2D eigenvalue weighted by Gasteiger charge is 2.37. The SMILES string of the molecule is CN1CC(C(=O)Nc2ccc(Cl)cn2)C(c2ccc(C=CC(=O)Nc3ccccc3N)cc2)C1. The molecule has 2 amide bonds. The van der Waals surface area contributed by atoms with Crippen LogP contribution in [0.5, 0.6) is 0 Å². The Bertz CT molecular complexity index is 1190. The van der Waals surface area contributed by atoms with E-state index in [2.05, 4.69) is 20.5 Å². The molecule has 0 bridgehead atoms. The first-order chi connectivity index (χ1) is 16.4. The summed E-state index contributed by atoms with van der Waals surface area (Å²) in [6.07, 6.45) is 4.73. The van der Waals surface area contributed by atoms with E-state index in [4.69, 9.17) is 17.3 Å². The molecule has 8 heteroatoms. The number of nitrogens with two attached hydrogens (primary N) is 1. The Labute approximate surface area is 203 Å². The molecule has 1 aliphatic heterocycles. The smallest absolute Gasteiger partial charge is 0.248 e. The van der Waals surface area contributed by atoms with Gasteiger partial charge in [-0.2, -0.15) is 0 Å². The number of rotatable bonds is 6. The van der Waals surface area contributed by atoms with E-state index in [9.17, 15) is 9.59 Å². The average molecular weight is 476 g/mol. The highest BCUT2D eigenvalue weighted by atomic mass is 35.5.